The van der Waals surface area contributed by atoms with Gasteiger partial charge in [0.2, 0.25) is 5.91 Å². The van der Waals surface area contributed by atoms with Gasteiger partial charge in [-0.1, -0.05) is 54.6 Å². The van der Waals surface area contributed by atoms with E-state index in [-0.39, 0.29) is 5.92 Å². The molecule has 2 aromatic carbocycles. The molecule has 1 N–H and O–H groups in total. The Bertz CT molecular complexity index is 728. The number of amides is 1. The van der Waals surface area contributed by atoms with Crippen molar-refractivity contribution in [3.8, 4) is 0 Å². The topological polar surface area (TPSA) is 24.8 Å². The molecule has 25 heavy (non-hydrogen) atoms. The molecule has 1 unspecified atom stereocenters. The van der Waals surface area contributed by atoms with Gasteiger partial charge in [-0.05, 0) is 30.4 Å². The fourth-order valence-electron chi connectivity index (χ4n) is 4.35. The van der Waals surface area contributed by atoms with E-state index >= 15 is 0 Å². The van der Waals surface area contributed by atoms with Crippen LogP contribution in [-0.4, -0.2) is 30.4 Å². The molecule has 1 fully saturated rings. The van der Waals surface area contributed by atoms with Crippen LogP contribution in [0, 0.1) is 5.92 Å². The zero-order chi connectivity index (χ0) is 17.1. The average molecular weight is 335 g/mol. The summed E-state index contributed by atoms with van der Waals surface area (Å²) in [4.78, 5) is 16.7. The summed E-state index contributed by atoms with van der Waals surface area (Å²) in [5, 5.41) is 0. The minimum absolute atomic E-state index is 0.192. The van der Waals surface area contributed by atoms with Crippen LogP contribution in [0.1, 0.15) is 29.5 Å². The van der Waals surface area contributed by atoms with Gasteiger partial charge in [0.05, 0.1) is 19.0 Å². The van der Waals surface area contributed by atoms with Crippen molar-refractivity contribution in [3.05, 3.63) is 71.3 Å². The molecule has 1 amide bonds. The van der Waals surface area contributed by atoms with E-state index in [0.29, 0.717) is 5.91 Å². The van der Waals surface area contributed by atoms with Crippen molar-refractivity contribution in [3.63, 3.8) is 0 Å². The summed E-state index contributed by atoms with van der Waals surface area (Å²) in [5.74, 6) is 0.567. The molecule has 0 aromatic heterocycles. The van der Waals surface area contributed by atoms with Gasteiger partial charge in [-0.2, -0.15) is 0 Å². The SMILES string of the molecule is O=C([C@@H]1CCC[NH+](Cc2ccccc2)C1)N1CCc2ccccc2C1. The summed E-state index contributed by atoms with van der Waals surface area (Å²) in [6.45, 7) is 4.86. The number of benzene rings is 2. The minimum atomic E-state index is 0.192. The molecule has 2 heterocycles. The molecule has 130 valence electrons. The van der Waals surface area contributed by atoms with Crippen LogP contribution in [-0.2, 0) is 24.3 Å². The number of likely N-dealkylation sites (tertiary alicyclic amines) is 1. The Kier molecular flexibility index (Phi) is 4.84. The van der Waals surface area contributed by atoms with Crippen molar-refractivity contribution >= 4 is 5.91 Å². The molecule has 4 rings (SSSR count). The Labute approximate surface area is 150 Å². The highest BCUT2D eigenvalue weighted by molar-refractivity contribution is 5.79. The van der Waals surface area contributed by atoms with E-state index in [0.717, 1.165) is 45.4 Å². The number of nitrogens with one attached hydrogen (secondary N) is 1. The highest BCUT2D eigenvalue weighted by atomic mass is 16.2. The molecule has 0 aliphatic carbocycles. The Morgan fingerprint density at radius 1 is 1.04 bits per heavy atom. The highest BCUT2D eigenvalue weighted by Gasteiger charge is 2.32. The summed E-state index contributed by atoms with van der Waals surface area (Å²) in [6, 6.07) is 19.2. The normalized spacial score (nSPS) is 23.1. The van der Waals surface area contributed by atoms with E-state index in [1.54, 1.807) is 4.90 Å². The zero-order valence-corrected chi connectivity index (χ0v) is 14.8. The first-order valence-electron chi connectivity index (χ1n) is 9.52. The van der Waals surface area contributed by atoms with Crippen LogP contribution in [0.5, 0.6) is 0 Å². The van der Waals surface area contributed by atoms with Gasteiger partial charge < -0.3 is 9.80 Å². The average Bonchev–Trinajstić information content (AvgIpc) is 2.68. The van der Waals surface area contributed by atoms with Gasteiger partial charge >= 0.3 is 0 Å². The smallest absolute Gasteiger partial charge is 0.231 e. The zero-order valence-electron chi connectivity index (χ0n) is 14.8. The number of fused-ring (bicyclic) bond motifs is 1. The number of hydrogen-bond acceptors (Lipinski definition) is 1. The lowest BCUT2D eigenvalue weighted by Gasteiger charge is -2.35. The van der Waals surface area contributed by atoms with Crippen LogP contribution < -0.4 is 4.90 Å². The van der Waals surface area contributed by atoms with Crippen molar-refractivity contribution in [2.45, 2.75) is 32.4 Å². The molecule has 3 heteroatoms. The van der Waals surface area contributed by atoms with Gasteiger partial charge in [0.15, 0.2) is 0 Å². The molecule has 0 spiro atoms. The van der Waals surface area contributed by atoms with E-state index in [1.165, 1.54) is 23.2 Å². The molecule has 2 aromatic rings. The van der Waals surface area contributed by atoms with Crippen molar-refractivity contribution in [1.82, 2.24) is 4.90 Å². The number of carbonyl (C=O) groups is 1. The molecule has 3 nitrogen and oxygen atoms in total. The third kappa shape index (κ3) is 3.77. The van der Waals surface area contributed by atoms with E-state index in [1.807, 2.05) is 0 Å². The summed E-state index contributed by atoms with van der Waals surface area (Å²) in [7, 11) is 0. The van der Waals surface area contributed by atoms with E-state index in [2.05, 4.69) is 59.5 Å². The number of hydrogen-bond donors (Lipinski definition) is 1. The van der Waals surface area contributed by atoms with Gasteiger partial charge in [-0.3, -0.25) is 4.79 Å². The fourth-order valence-corrected chi connectivity index (χ4v) is 4.35. The minimum Gasteiger partial charge on any atom is -0.338 e. The first kappa shape index (κ1) is 16.3. The van der Waals surface area contributed by atoms with E-state index < -0.39 is 0 Å². The summed E-state index contributed by atoms with van der Waals surface area (Å²) in [5.41, 5.74) is 4.11. The maximum Gasteiger partial charge on any atom is 0.231 e. The molecule has 0 radical (unpaired) electrons. The second-order valence-corrected chi connectivity index (χ2v) is 7.48. The predicted octanol–water partition coefficient (Wildman–Crippen LogP) is 2.07. The van der Waals surface area contributed by atoms with Crippen LogP contribution in [0.4, 0.5) is 0 Å². The third-order valence-corrected chi connectivity index (χ3v) is 5.71. The Hall–Kier alpha value is -2.13. The quantitative estimate of drug-likeness (QED) is 0.912. The summed E-state index contributed by atoms with van der Waals surface area (Å²) >= 11 is 0. The van der Waals surface area contributed by atoms with Gasteiger partial charge in [0.1, 0.15) is 6.54 Å². The number of carbonyl (C=O) groups excluding carboxylic acids is 1. The number of quaternary nitrogens is 1. The van der Waals surface area contributed by atoms with Crippen molar-refractivity contribution in [1.29, 1.82) is 0 Å². The number of nitrogens with zero attached hydrogens (tertiary/aromatic N) is 1. The van der Waals surface area contributed by atoms with Gasteiger partial charge in [-0.25, -0.2) is 0 Å². The Balaban J connectivity index is 1.39. The van der Waals surface area contributed by atoms with Crippen LogP contribution in [0.3, 0.4) is 0 Å². The van der Waals surface area contributed by atoms with Crippen LogP contribution in [0.15, 0.2) is 54.6 Å². The van der Waals surface area contributed by atoms with Gasteiger partial charge in [-0.15, -0.1) is 0 Å². The second-order valence-electron chi connectivity index (χ2n) is 7.48. The predicted molar refractivity (Wildman–Crippen MR) is 99.1 cm³/mol. The number of piperidine rings is 1. The fraction of sp³-hybridized carbons (Fsp3) is 0.409. The van der Waals surface area contributed by atoms with Crippen LogP contribution in [0.25, 0.3) is 0 Å². The maximum absolute atomic E-state index is 13.1. The molecular weight excluding hydrogens is 308 g/mol. The third-order valence-electron chi connectivity index (χ3n) is 5.71. The van der Waals surface area contributed by atoms with E-state index in [9.17, 15) is 4.79 Å². The lowest BCUT2D eigenvalue weighted by molar-refractivity contribution is -0.921. The Morgan fingerprint density at radius 2 is 1.80 bits per heavy atom. The Morgan fingerprint density at radius 3 is 2.64 bits per heavy atom. The molecule has 2 aliphatic heterocycles. The van der Waals surface area contributed by atoms with Gasteiger partial charge in [0.25, 0.3) is 0 Å². The standard InChI is InChI=1S/C22H26N2O/c25-22(24-14-12-19-9-4-5-10-20(19)17-24)21-11-6-13-23(16-21)15-18-7-2-1-3-8-18/h1-5,7-10,21H,6,11-17H2/p+1/t21-/m1/s1. The first-order chi connectivity index (χ1) is 12.3. The first-order valence-corrected chi connectivity index (χ1v) is 9.52. The molecule has 1 saturated heterocycles. The highest BCUT2D eigenvalue weighted by Crippen LogP contribution is 2.21. The van der Waals surface area contributed by atoms with Crippen molar-refractivity contribution < 1.29 is 9.69 Å². The molecular formula is C22H27N2O+. The largest absolute Gasteiger partial charge is 0.338 e. The number of rotatable bonds is 3. The van der Waals surface area contributed by atoms with Crippen LogP contribution in [0.2, 0.25) is 0 Å². The van der Waals surface area contributed by atoms with Gasteiger partial charge in [0, 0.05) is 18.7 Å². The van der Waals surface area contributed by atoms with Crippen molar-refractivity contribution in [2.24, 2.45) is 5.92 Å². The van der Waals surface area contributed by atoms with E-state index in [4.69, 9.17) is 0 Å². The summed E-state index contributed by atoms with van der Waals surface area (Å²) < 4.78 is 0. The lowest BCUT2D eigenvalue weighted by Crippen LogP contribution is -3.12. The summed E-state index contributed by atoms with van der Waals surface area (Å²) in [6.07, 6.45) is 3.20. The maximum atomic E-state index is 13.1. The monoisotopic (exact) mass is 335 g/mol. The molecule has 0 saturated carbocycles. The van der Waals surface area contributed by atoms with Crippen molar-refractivity contribution in [2.75, 3.05) is 19.6 Å². The lowest BCUT2D eigenvalue weighted by atomic mass is 9.93. The molecule has 2 aliphatic rings. The molecule has 2 atom stereocenters. The molecule has 0 bridgehead atoms. The second kappa shape index (κ2) is 7.40. The van der Waals surface area contributed by atoms with Crippen LogP contribution >= 0.6 is 0 Å².